The molecule has 0 aromatic heterocycles. The van der Waals surface area contributed by atoms with E-state index in [4.69, 9.17) is 47.7 Å². The van der Waals surface area contributed by atoms with Crippen molar-refractivity contribution in [3.63, 3.8) is 0 Å². The molecule has 0 bridgehead atoms. The van der Waals surface area contributed by atoms with Gasteiger partial charge in [-0.3, -0.25) is 0 Å². The van der Waals surface area contributed by atoms with Gasteiger partial charge in [0.2, 0.25) is 0 Å². The van der Waals surface area contributed by atoms with E-state index in [1.54, 1.807) is 12.1 Å². The number of aromatic carboxylic acids is 1. The Morgan fingerprint density at radius 3 is 1.33 bits per heavy atom. The molecule has 0 saturated carbocycles. The number of carboxylic acid groups (broad SMARTS) is 1. The monoisotopic (exact) mass is 696 g/mol. The fourth-order valence-electron chi connectivity index (χ4n) is 4.40. The molecule has 0 atom stereocenters. The van der Waals surface area contributed by atoms with Crippen LogP contribution < -0.4 is 39.4 Å². The molecule has 0 aliphatic heterocycles. The maximum atomic E-state index is 11.6. The number of rotatable bonds is 37. The zero-order chi connectivity index (χ0) is 33.9. The van der Waals surface area contributed by atoms with Gasteiger partial charge in [-0.15, -0.1) is 0 Å². The number of aliphatic hydroxyl groups excluding tert-OH is 1. The van der Waals surface area contributed by atoms with Crippen LogP contribution in [0, 0.1) is 0 Å². The predicted molar refractivity (Wildman–Crippen MR) is 176 cm³/mol. The van der Waals surface area contributed by atoms with Crippen LogP contribution in [0.2, 0.25) is 0 Å². The smallest absolute Gasteiger partial charge is 0.545 e. The zero-order valence-corrected chi connectivity index (χ0v) is 31.8. The number of unbranched alkanes of at least 4 members (excludes halogenated alkanes) is 7. The van der Waals surface area contributed by atoms with Crippen molar-refractivity contribution in [3.8, 4) is 5.75 Å². The van der Waals surface area contributed by atoms with Gasteiger partial charge in [0, 0.05) is 5.56 Å². The molecule has 1 rings (SSSR count). The molecule has 0 amide bonds. The Kier molecular flexibility index (Phi) is 36.7. The van der Waals surface area contributed by atoms with Crippen LogP contribution in [-0.4, -0.2) is 130 Å². The summed E-state index contributed by atoms with van der Waals surface area (Å²) in [5.74, 6) is -0.927. The largest absolute Gasteiger partial charge is 1.00 e. The van der Waals surface area contributed by atoms with Crippen molar-refractivity contribution in [1.29, 1.82) is 0 Å². The minimum atomic E-state index is -1.23. The molecule has 48 heavy (non-hydrogen) atoms. The van der Waals surface area contributed by atoms with Crippen LogP contribution in [0.15, 0.2) is 18.2 Å². The molecule has 0 unspecified atom stereocenters. The van der Waals surface area contributed by atoms with Gasteiger partial charge in [-0.25, -0.2) is 0 Å². The molecule has 1 aromatic carbocycles. The van der Waals surface area contributed by atoms with E-state index in [0.29, 0.717) is 111 Å². The molecule has 0 fully saturated rings. The van der Waals surface area contributed by atoms with Gasteiger partial charge in [0.15, 0.2) is 0 Å². The van der Waals surface area contributed by atoms with Crippen LogP contribution in [0.1, 0.15) is 74.2 Å². The predicted octanol–water partition coefficient (Wildman–Crippen LogP) is 0.241. The summed E-state index contributed by atoms with van der Waals surface area (Å²) in [4.78, 5) is 11.6. The molecule has 1 N–H and O–H groups in total. The summed E-state index contributed by atoms with van der Waals surface area (Å²) in [5, 5.41) is 20.2. The van der Waals surface area contributed by atoms with Crippen molar-refractivity contribution in [1.82, 2.24) is 0 Å². The maximum absolute atomic E-state index is 11.6. The molecule has 0 aliphatic rings. The molecule has 0 aliphatic carbocycles. The van der Waals surface area contributed by atoms with E-state index in [0.717, 1.165) is 24.8 Å². The number of carbonyl (C=O) groups excluding carboxylic acids is 1. The van der Waals surface area contributed by atoms with Crippen LogP contribution >= 0.6 is 0 Å². The molecule has 0 saturated heterocycles. The number of ether oxygens (including phenoxy) is 9. The summed E-state index contributed by atoms with van der Waals surface area (Å²) in [6.45, 7) is 9.69. The quantitative estimate of drug-likeness (QED) is 0.0752. The first-order chi connectivity index (χ1) is 23.2. The van der Waals surface area contributed by atoms with Gasteiger partial charge in [-0.1, -0.05) is 57.9 Å². The van der Waals surface area contributed by atoms with Crippen LogP contribution in [-0.2, 0) is 44.3 Å². The fraction of sp³-hybridized carbons (Fsp3) is 0.800. The first kappa shape index (κ1) is 47.1. The molecule has 13 heteroatoms. The van der Waals surface area contributed by atoms with Gasteiger partial charge >= 0.3 is 29.6 Å². The van der Waals surface area contributed by atoms with Crippen molar-refractivity contribution in [2.24, 2.45) is 0 Å². The first-order valence-electron chi connectivity index (χ1n) is 17.4. The summed E-state index contributed by atoms with van der Waals surface area (Å²) < 4.78 is 48.9. The average Bonchev–Trinajstić information content (AvgIpc) is 3.07. The van der Waals surface area contributed by atoms with Crippen molar-refractivity contribution < 1.29 is 87.2 Å². The van der Waals surface area contributed by atoms with Crippen LogP contribution in [0.25, 0.3) is 0 Å². The SMILES string of the molecule is CCCCCCCCCCc1ccc(OCCOCCOCCOCCOCCOCCOCCOCCOCCO)c(C(=O)[O-])c1.[Na+]. The van der Waals surface area contributed by atoms with E-state index in [-0.39, 0.29) is 48.3 Å². The van der Waals surface area contributed by atoms with Gasteiger partial charge in [0.1, 0.15) is 12.4 Å². The van der Waals surface area contributed by atoms with Gasteiger partial charge in [-0.05, 0) is 30.5 Å². The Morgan fingerprint density at radius 1 is 0.562 bits per heavy atom. The minimum absolute atomic E-state index is 0. The van der Waals surface area contributed by atoms with Gasteiger partial charge in [0.05, 0.1) is 118 Å². The molecule has 1 aromatic rings. The molecular formula is C35H61NaO12. The first-order valence-corrected chi connectivity index (χ1v) is 17.4. The van der Waals surface area contributed by atoms with Crippen molar-refractivity contribution in [2.45, 2.75) is 64.7 Å². The summed E-state index contributed by atoms with van der Waals surface area (Å²) in [6, 6.07) is 5.32. The zero-order valence-electron chi connectivity index (χ0n) is 29.8. The van der Waals surface area contributed by atoms with Crippen molar-refractivity contribution >= 4 is 5.97 Å². The molecule has 274 valence electrons. The Morgan fingerprint density at radius 2 is 0.938 bits per heavy atom. The third-order valence-corrected chi connectivity index (χ3v) is 6.91. The van der Waals surface area contributed by atoms with E-state index in [2.05, 4.69) is 6.92 Å². The number of aliphatic hydroxyl groups is 1. The van der Waals surface area contributed by atoms with E-state index in [1.807, 2.05) is 6.07 Å². The normalized spacial score (nSPS) is 11.1. The molecule has 12 nitrogen and oxygen atoms in total. The second kappa shape index (κ2) is 37.4. The number of aryl methyl sites for hydroxylation is 1. The maximum Gasteiger partial charge on any atom is 1.00 e. The summed E-state index contributed by atoms with van der Waals surface area (Å²) in [5.41, 5.74) is 1.08. The topological polar surface area (TPSA) is 143 Å². The Bertz CT molecular complexity index is 833. The molecular weight excluding hydrogens is 635 g/mol. The standard InChI is InChI=1S/C35H62O12.Na/c1-2-3-4-5-6-7-8-9-10-32-11-12-34(33(31-32)35(37)38)47-30-29-46-28-27-45-26-25-44-24-23-43-22-21-42-20-19-41-18-17-40-16-15-39-14-13-36;/h11-12,31,36H,2-10,13-30H2,1H3,(H,37,38);/q;+1/p-1. The van der Waals surface area contributed by atoms with E-state index < -0.39 is 5.97 Å². The third kappa shape index (κ3) is 30.0. The Hall–Kier alpha value is -0.870. The third-order valence-electron chi connectivity index (χ3n) is 6.91. The van der Waals surface area contributed by atoms with Crippen molar-refractivity contribution in [2.75, 3.05) is 119 Å². The second-order valence-corrected chi connectivity index (χ2v) is 10.8. The number of hydrogen-bond donors (Lipinski definition) is 1. The summed E-state index contributed by atoms with van der Waals surface area (Å²) in [7, 11) is 0. The van der Waals surface area contributed by atoms with Crippen LogP contribution in [0.4, 0.5) is 0 Å². The number of carboxylic acids is 1. The number of hydrogen-bond acceptors (Lipinski definition) is 12. The van der Waals surface area contributed by atoms with Crippen molar-refractivity contribution in [3.05, 3.63) is 29.3 Å². The average molecular weight is 697 g/mol. The second-order valence-electron chi connectivity index (χ2n) is 10.8. The van der Waals surface area contributed by atoms with E-state index in [1.165, 1.54) is 38.5 Å². The summed E-state index contributed by atoms with van der Waals surface area (Å²) in [6.07, 6.45) is 10.8. The van der Waals surface area contributed by atoms with Gasteiger partial charge < -0.3 is 57.6 Å². The van der Waals surface area contributed by atoms with Gasteiger partial charge in [0.25, 0.3) is 0 Å². The van der Waals surface area contributed by atoms with Crippen LogP contribution in [0.5, 0.6) is 5.75 Å². The number of benzene rings is 1. The number of carbonyl (C=O) groups is 1. The fourth-order valence-corrected chi connectivity index (χ4v) is 4.40. The molecule has 0 spiro atoms. The van der Waals surface area contributed by atoms with E-state index in [9.17, 15) is 9.90 Å². The molecule has 0 radical (unpaired) electrons. The Balaban J connectivity index is 0.0000221. The molecule has 0 heterocycles. The van der Waals surface area contributed by atoms with Gasteiger partial charge in [-0.2, -0.15) is 0 Å². The van der Waals surface area contributed by atoms with E-state index >= 15 is 0 Å². The summed E-state index contributed by atoms with van der Waals surface area (Å²) >= 11 is 0. The minimum Gasteiger partial charge on any atom is -0.545 e. The van der Waals surface area contributed by atoms with Crippen LogP contribution in [0.3, 0.4) is 0 Å². The Labute approximate surface area is 310 Å².